The van der Waals surface area contributed by atoms with Gasteiger partial charge in [0.2, 0.25) is 0 Å². The average molecular weight is 341 g/mol. The maximum absolute atomic E-state index is 11.9. The van der Waals surface area contributed by atoms with Gasteiger partial charge in [0.1, 0.15) is 0 Å². The van der Waals surface area contributed by atoms with E-state index >= 15 is 0 Å². The summed E-state index contributed by atoms with van der Waals surface area (Å²) in [5.41, 5.74) is 0. The standard InChI is InChI=1S/C21H40O3/c1-4-7-9-10-11-12-13-14-15-16-18-20(22)24-21(23)19(6-3)17-8-5-2/h19H,4-18H2,1-3H3. The quantitative estimate of drug-likeness (QED) is 0.181. The first kappa shape index (κ1) is 23.1. The summed E-state index contributed by atoms with van der Waals surface area (Å²) < 4.78 is 5.01. The molecule has 0 N–H and O–H groups in total. The maximum Gasteiger partial charge on any atom is 0.316 e. The molecule has 0 aliphatic rings. The van der Waals surface area contributed by atoms with Gasteiger partial charge in [-0.25, -0.2) is 0 Å². The van der Waals surface area contributed by atoms with Crippen LogP contribution in [0.5, 0.6) is 0 Å². The molecule has 0 aromatic rings. The largest absolute Gasteiger partial charge is 0.393 e. The zero-order chi connectivity index (χ0) is 18.0. The Balaban J connectivity index is 3.56. The van der Waals surface area contributed by atoms with Crippen LogP contribution in [0.25, 0.3) is 0 Å². The zero-order valence-corrected chi connectivity index (χ0v) is 16.4. The van der Waals surface area contributed by atoms with Crippen molar-refractivity contribution in [2.24, 2.45) is 5.92 Å². The van der Waals surface area contributed by atoms with Crippen LogP contribution in [0, 0.1) is 5.92 Å². The molecule has 3 nitrogen and oxygen atoms in total. The van der Waals surface area contributed by atoms with Crippen LogP contribution in [-0.2, 0) is 14.3 Å². The number of rotatable bonds is 16. The molecule has 0 rings (SSSR count). The number of carbonyl (C=O) groups is 2. The Morgan fingerprint density at radius 1 is 0.708 bits per heavy atom. The van der Waals surface area contributed by atoms with Crippen LogP contribution >= 0.6 is 0 Å². The Morgan fingerprint density at radius 2 is 1.21 bits per heavy atom. The molecule has 0 bridgehead atoms. The van der Waals surface area contributed by atoms with Gasteiger partial charge in [-0.2, -0.15) is 0 Å². The number of carbonyl (C=O) groups excluding carboxylic acids is 2. The van der Waals surface area contributed by atoms with Gasteiger partial charge in [-0.1, -0.05) is 91.4 Å². The fraction of sp³-hybridized carbons (Fsp3) is 0.905. The van der Waals surface area contributed by atoms with Crippen LogP contribution in [0.1, 0.15) is 117 Å². The summed E-state index contributed by atoms with van der Waals surface area (Å²) in [7, 11) is 0. The van der Waals surface area contributed by atoms with Crippen molar-refractivity contribution in [1.29, 1.82) is 0 Å². The minimum Gasteiger partial charge on any atom is -0.393 e. The van der Waals surface area contributed by atoms with E-state index in [2.05, 4.69) is 13.8 Å². The molecule has 0 radical (unpaired) electrons. The van der Waals surface area contributed by atoms with Gasteiger partial charge in [-0.05, 0) is 19.3 Å². The van der Waals surface area contributed by atoms with E-state index < -0.39 is 0 Å². The van der Waals surface area contributed by atoms with E-state index in [9.17, 15) is 9.59 Å². The van der Waals surface area contributed by atoms with Gasteiger partial charge in [-0.15, -0.1) is 0 Å². The van der Waals surface area contributed by atoms with Gasteiger partial charge in [0.05, 0.1) is 5.92 Å². The molecule has 0 aliphatic carbocycles. The van der Waals surface area contributed by atoms with E-state index in [1.54, 1.807) is 0 Å². The van der Waals surface area contributed by atoms with Crippen molar-refractivity contribution < 1.29 is 14.3 Å². The normalized spacial score (nSPS) is 12.1. The first-order chi connectivity index (χ1) is 11.7. The van der Waals surface area contributed by atoms with Gasteiger partial charge >= 0.3 is 11.9 Å². The number of esters is 2. The van der Waals surface area contributed by atoms with Gasteiger partial charge in [0, 0.05) is 6.42 Å². The fourth-order valence-electron chi connectivity index (χ4n) is 2.94. The molecule has 0 fully saturated rings. The molecule has 3 heteroatoms. The molecule has 0 heterocycles. The van der Waals surface area contributed by atoms with Crippen LogP contribution in [-0.4, -0.2) is 11.9 Å². The minimum absolute atomic E-state index is 0.110. The van der Waals surface area contributed by atoms with E-state index in [4.69, 9.17) is 4.74 Å². The van der Waals surface area contributed by atoms with Crippen molar-refractivity contribution in [3.8, 4) is 0 Å². The lowest BCUT2D eigenvalue weighted by molar-refractivity contribution is -0.163. The second-order valence-electron chi connectivity index (χ2n) is 6.97. The first-order valence-corrected chi connectivity index (χ1v) is 10.4. The van der Waals surface area contributed by atoms with E-state index in [0.29, 0.717) is 6.42 Å². The van der Waals surface area contributed by atoms with Crippen LogP contribution in [0.4, 0.5) is 0 Å². The molecular weight excluding hydrogens is 300 g/mol. The van der Waals surface area contributed by atoms with E-state index in [0.717, 1.165) is 38.5 Å². The molecule has 24 heavy (non-hydrogen) atoms. The number of hydrogen-bond donors (Lipinski definition) is 0. The van der Waals surface area contributed by atoms with Gasteiger partial charge in [0.25, 0.3) is 0 Å². The average Bonchev–Trinajstić information content (AvgIpc) is 2.57. The highest BCUT2D eigenvalue weighted by Gasteiger charge is 2.20. The van der Waals surface area contributed by atoms with Crippen LogP contribution < -0.4 is 0 Å². The highest BCUT2D eigenvalue weighted by Crippen LogP contribution is 2.15. The molecule has 0 aromatic carbocycles. The van der Waals surface area contributed by atoms with Crippen molar-refractivity contribution in [2.75, 3.05) is 0 Å². The second-order valence-corrected chi connectivity index (χ2v) is 6.97. The highest BCUT2D eigenvalue weighted by atomic mass is 16.6. The van der Waals surface area contributed by atoms with Crippen molar-refractivity contribution >= 4 is 11.9 Å². The molecule has 142 valence electrons. The van der Waals surface area contributed by atoms with Crippen molar-refractivity contribution in [3.05, 3.63) is 0 Å². The van der Waals surface area contributed by atoms with Gasteiger partial charge in [-0.3, -0.25) is 9.59 Å². The van der Waals surface area contributed by atoms with Crippen LogP contribution in [0.3, 0.4) is 0 Å². The Labute approximate surface area is 149 Å². The Kier molecular flexibility index (Phi) is 16.4. The number of unbranched alkanes of at least 4 members (excludes halogenated alkanes) is 10. The Morgan fingerprint density at radius 3 is 1.71 bits per heavy atom. The zero-order valence-electron chi connectivity index (χ0n) is 16.4. The molecule has 0 saturated heterocycles. The SMILES string of the molecule is CCCCCCCCCCCCC(=O)OC(=O)C(CC)CCCC. The van der Waals surface area contributed by atoms with Crippen LogP contribution in [0.15, 0.2) is 0 Å². The summed E-state index contributed by atoms with van der Waals surface area (Å²) in [4.78, 5) is 23.7. The lowest BCUT2D eigenvalue weighted by Gasteiger charge is -2.12. The lowest BCUT2D eigenvalue weighted by Crippen LogP contribution is -2.20. The summed E-state index contributed by atoms with van der Waals surface area (Å²) in [6, 6.07) is 0. The molecular formula is C21H40O3. The topological polar surface area (TPSA) is 43.4 Å². The Hall–Kier alpha value is -0.860. The second kappa shape index (κ2) is 17.0. The summed E-state index contributed by atoms with van der Waals surface area (Å²) >= 11 is 0. The molecule has 0 aromatic heterocycles. The number of ether oxygens (including phenoxy) is 1. The highest BCUT2D eigenvalue weighted by molar-refractivity contribution is 5.86. The first-order valence-electron chi connectivity index (χ1n) is 10.4. The maximum atomic E-state index is 11.9. The molecule has 0 spiro atoms. The summed E-state index contributed by atoms with van der Waals surface area (Å²) in [6.45, 7) is 6.33. The summed E-state index contributed by atoms with van der Waals surface area (Å²) in [5, 5.41) is 0. The Bertz CT molecular complexity index is 312. The minimum atomic E-state index is -0.338. The predicted octanol–water partition coefficient (Wildman–Crippen LogP) is 6.58. The molecule has 0 aliphatic heterocycles. The lowest BCUT2D eigenvalue weighted by atomic mass is 10.00. The van der Waals surface area contributed by atoms with E-state index in [1.807, 2.05) is 6.92 Å². The van der Waals surface area contributed by atoms with Crippen molar-refractivity contribution in [2.45, 2.75) is 117 Å². The monoisotopic (exact) mass is 340 g/mol. The number of hydrogen-bond acceptors (Lipinski definition) is 3. The third kappa shape index (κ3) is 13.6. The fourth-order valence-corrected chi connectivity index (χ4v) is 2.94. The molecule has 0 amide bonds. The van der Waals surface area contributed by atoms with Crippen LogP contribution in [0.2, 0.25) is 0 Å². The van der Waals surface area contributed by atoms with Crippen molar-refractivity contribution in [1.82, 2.24) is 0 Å². The van der Waals surface area contributed by atoms with E-state index in [1.165, 1.54) is 51.4 Å². The molecule has 1 atom stereocenters. The summed E-state index contributed by atoms with van der Waals surface area (Å²) in [6.07, 6.45) is 16.4. The van der Waals surface area contributed by atoms with Gasteiger partial charge in [0.15, 0.2) is 0 Å². The molecule has 1 unspecified atom stereocenters. The van der Waals surface area contributed by atoms with E-state index in [-0.39, 0.29) is 17.9 Å². The smallest absolute Gasteiger partial charge is 0.316 e. The summed E-state index contributed by atoms with van der Waals surface area (Å²) in [5.74, 6) is -0.765. The third-order valence-electron chi connectivity index (χ3n) is 4.68. The van der Waals surface area contributed by atoms with Crippen molar-refractivity contribution in [3.63, 3.8) is 0 Å². The van der Waals surface area contributed by atoms with Gasteiger partial charge < -0.3 is 4.74 Å². The molecule has 0 saturated carbocycles. The third-order valence-corrected chi connectivity index (χ3v) is 4.68. The predicted molar refractivity (Wildman–Crippen MR) is 101 cm³/mol.